The molecule has 150 valence electrons. The molecule has 0 saturated carbocycles. The smallest absolute Gasteiger partial charge is 0.224 e. The van der Waals surface area contributed by atoms with Gasteiger partial charge in [-0.3, -0.25) is 4.79 Å². The Kier molecular flexibility index (Phi) is 5.65. The van der Waals surface area contributed by atoms with Gasteiger partial charge in [0.15, 0.2) is 0 Å². The Balaban J connectivity index is 1.33. The van der Waals surface area contributed by atoms with Crippen LogP contribution in [0.5, 0.6) is 5.75 Å². The molecule has 1 aliphatic rings. The first-order valence-corrected chi connectivity index (χ1v) is 10.1. The number of fused-ring (bicyclic) bond motifs is 1. The first-order valence-electron chi connectivity index (χ1n) is 10.1. The molecule has 0 bridgehead atoms. The summed E-state index contributed by atoms with van der Waals surface area (Å²) in [5.41, 5.74) is 5.40. The lowest BCUT2D eigenvalue weighted by atomic mass is 9.87. The van der Waals surface area contributed by atoms with Crippen molar-refractivity contribution in [2.75, 3.05) is 0 Å². The molecule has 1 aliphatic carbocycles. The molecular weight excluding hydrogens is 364 g/mol. The maximum atomic E-state index is 12.6. The number of aromatic nitrogens is 1. The minimum Gasteiger partial charge on any atom is -0.489 e. The van der Waals surface area contributed by atoms with Crippen LogP contribution >= 0.6 is 0 Å². The van der Waals surface area contributed by atoms with Crippen molar-refractivity contribution in [1.82, 2.24) is 10.5 Å². The number of nitrogens with one attached hydrogen (secondary N) is 1. The first-order chi connectivity index (χ1) is 14.1. The van der Waals surface area contributed by atoms with E-state index in [2.05, 4.69) is 28.7 Å². The highest BCUT2D eigenvalue weighted by atomic mass is 16.5. The van der Waals surface area contributed by atoms with Gasteiger partial charge in [-0.1, -0.05) is 41.6 Å². The van der Waals surface area contributed by atoms with Crippen LogP contribution in [0, 0.1) is 13.8 Å². The van der Waals surface area contributed by atoms with E-state index in [-0.39, 0.29) is 11.9 Å². The van der Waals surface area contributed by atoms with Crippen LogP contribution in [0.3, 0.4) is 0 Å². The van der Waals surface area contributed by atoms with Crippen molar-refractivity contribution in [3.8, 4) is 5.75 Å². The second-order valence-electron chi connectivity index (χ2n) is 7.62. The quantitative estimate of drug-likeness (QED) is 0.668. The van der Waals surface area contributed by atoms with E-state index in [0.717, 1.165) is 47.6 Å². The molecular formula is C24H26N2O3. The lowest BCUT2D eigenvalue weighted by Gasteiger charge is -2.26. The highest BCUT2D eigenvalue weighted by Crippen LogP contribution is 2.29. The third-order valence-electron chi connectivity index (χ3n) is 5.56. The average molecular weight is 390 g/mol. The molecule has 5 nitrogen and oxygen atoms in total. The molecule has 3 aromatic rings. The molecule has 0 fully saturated rings. The number of carbonyl (C=O) groups excluding carboxylic acids is 1. The summed E-state index contributed by atoms with van der Waals surface area (Å²) >= 11 is 0. The van der Waals surface area contributed by atoms with Gasteiger partial charge in [0.2, 0.25) is 5.91 Å². The van der Waals surface area contributed by atoms with E-state index in [1.54, 1.807) is 0 Å². The normalized spacial score (nSPS) is 15.6. The summed E-state index contributed by atoms with van der Waals surface area (Å²) < 4.78 is 11.0. The zero-order chi connectivity index (χ0) is 20.2. The zero-order valence-electron chi connectivity index (χ0n) is 16.9. The monoisotopic (exact) mass is 390 g/mol. The van der Waals surface area contributed by atoms with E-state index >= 15 is 0 Å². The molecule has 0 spiro atoms. The SMILES string of the molecule is Cc1noc(C)c1COc1ccc(CC(=O)N[C@@H]2CCCc3ccccc32)cc1. The predicted molar refractivity (Wildman–Crippen MR) is 111 cm³/mol. The van der Waals surface area contributed by atoms with Crippen molar-refractivity contribution >= 4 is 5.91 Å². The Hall–Kier alpha value is -3.08. The average Bonchev–Trinajstić information content (AvgIpc) is 3.05. The number of amides is 1. The van der Waals surface area contributed by atoms with E-state index in [1.807, 2.05) is 44.2 Å². The van der Waals surface area contributed by atoms with Crippen molar-refractivity contribution in [1.29, 1.82) is 0 Å². The Morgan fingerprint density at radius 3 is 2.72 bits per heavy atom. The van der Waals surface area contributed by atoms with Gasteiger partial charge >= 0.3 is 0 Å². The number of aryl methyl sites for hydroxylation is 3. The summed E-state index contributed by atoms with van der Waals surface area (Å²) in [4.78, 5) is 12.6. The number of rotatable bonds is 6. The summed E-state index contributed by atoms with van der Waals surface area (Å²) in [5, 5.41) is 7.14. The van der Waals surface area contributed by atoms with Crippen LogP contribution in [0.1, 0.15) is 52.6 Å². The number of hydrogen-bond donors (Lipinski definition) is 1. The molecule has 5 heteroatoms. The Labute approximate surface area is 171 Å². The van der Waals surface area contributed by atoms with E-state index in [4.69, 9.17) is 9.26 Å². The highest BCUT2D eigenvalue weighted by Gasteiger charge is 2.21. The summed E-state index contributed by atoms with van der Waals surface area (Å²) in [6.45, 7) is 4.20. The molecule has 1 atom stereocenters. The fourth-order valence-corrected chi connectivity index (χ4v) is 3.90. The topological polar surface area (TPSA) is 64.4 Å². The largest absolute Gasteiger partial charge is 0.489 e. The van der Waals surface area contributed by atoms with Gasteiger partial charge in [-0.2, -0.15) is 0 Å². The van der Waals surface area contributed by atoms with Crippen LogP contribution in [0.15, 0.2) is 53.1 Å². The molecule has 0 aliphatic heterocycles. The fourth-order valence-electron chi connectivity index (χ4n) is 3.90. The van der Waals surface area contributed by atoms with Gasteiger partial charge in [-0.15, -0.1) is 0 Å². The molecule has 29 heavy (non-hydrogen) atoms. The second-order valence-corrected chi connectivity index (χ2v) is 7.62. The first kappa shape index (κ1) is 19.2. The zero-order valence-corrected chi connectivity index (χ0v) is 16.9. The minimum atomic E-state index is 0.0519. The molecule has 0 radical (unpaired) electrons. The van der Waals surface area contributed by atoms with Crippen LogP contribution in [0.4, 0.5) is 0 Å². The Bertz CT molecular complexity index is 972. The van der Waals surface area contributed by atoms with E-state index in [0.29, 0.717) is 13.0 Å². The lowest BCUT2D eigenvalue weighted by Crippen LogP contribution is -2.32. The molecule has 1 aromatic heterocycles. The lowest BCUT2D eigenvalue weighted by molar-refractivity contribution is -0.121. The van der Waals surface area contributed by atoms with Crippen molar-refractivity contribution in [2.45, 2.75) is 52.2 Å². The number of hydrogen-bond acceptors (Lipinski definition) is 4. The molecule has 2 aromatic carbocycles. The number of benzene rings is 2. The maximum absolute atomic E-state index is 12.6. The Morgan fingerprint density at radius 1 is 1.17 bits per heavy atom. The van der Waals surface area contributed by atoms with Gasteiger partial charge in [-0.05, 0) is 61.9 Å². The van der Waals surface area contributed by atoms with Gasteiger partial charge < -0.3 is 14.6 Å². The van der Waals surface area contributed by atoms with Gasteiger partial charge in [-0.25, -0.2) is 0 Å². The molecule has 4 rings (SSSR count). The van der Waals surface area contributed by atoms with Crippen molar-refractivity contribution < 1.29 is 14.1 Å². The van der Waals surface area contributed by atoms with E-state index in [9.17, 15) is 4.79 Å². The third-order valence-corrected chi connectivity index (χ3v) is 5.56. The van der Waals surface area contributed by atoms with Crippen molar-refractivity contribution in [2.24, 2.45) is 0 Å². The summed E-state index contributed by atoms with van der Waals surface area (Å²) in [5.74, 6) is 1.59. The maximum Gasteiger partial charge on any atom is 0.224 e. The molecule has 1 N–H and O–H groups in total. The van der Waals surface area contributed by atoms with Crippen molar-refractivity contribution in [3.05, 3.63) is 82.2 Å². The van der Waals surface area contributed by atoms with Crippen LogP contribution in [0.25, 0.3) is 0 Å². The molecule has 0 saturated heterocycles. The standard InChI is InChI=1S/C24H26N2O3/c1-16-22(17(2)29-26-16)15-28-20-12-10-18(11-13-20)14-24(27)25-23-9-5-7-19-6-3-4-8-21(19)23/h3-4,6,8,10-13,23H,5,7,9,14-15H2,1-2H3,(H,25,27)/t23-/m1/s1. The van der Waals surface area contributed by atoms with Crippen LogP contribution in [0.2, 0.25) is 0 Å². The molecule has 1 amide bonds. The summed E-state index contributed by atoms with van der Waals surface area (Å²) in [6, 6.07) is 16.2. The van der Waals surface area contributed by atoms with Gasteiger partial charge in [0.05, 0.1) is 23.7 Å². The highest BCUT2D eigenvalue weighted by molar-refractivity contribution is 5.79. The number of carbonyl (C=O) groups is 1. The summed E-state index contributed by atoms with van der Waals surface area (Å²) in [7, 11) is 0. The van der Waals surface area contributed by atoms with E-state index in [1.165, 1.54) is 11.1 Å². The summed E-state index contributed by atoms with van der Waals surface area (Å²) in [6.07, 6.45) is 3.57. The van der Waals surface area contributed by atoms with Crippen LogP contribution in [-0.2, 0) is 24.2 Å². The minimum absolute atomic E-state index is 0.0519. The predicted octanol–water partition coefficient (Wildman–Crippen LogP) is 4.61. The molecule has 1 heterocycles. The Morgan fingerprint density at radius 2 is 1.97 bits per heavy atom. The molecule has 0 unspecified atom stereocenters. The number of nitrogens with zero attached hydrogens (tertiary/aromatic N) is 1. The van der Waals surface area contributed by atoms with Gasteiger partial charge in [0, 0.05) is 0 Å². The van der Waals surface area contributed by atoms with E-state index < -0.39 is 0 Å². The van der Waals surface area contributed by atoms with Crippen LogP contribution in [-0.4, -0.2) is 11.1 Å². The van der Waals surface area contributed by atoms with Gasteiger partial charge in [0.1, 0.15) is 18.1 Å². The fraction of sp³-hybridized carbons (Fsp3) is 0.333. The van der Waals surface area contributed by atoms with Crippen LogP contribution < -0.4 is 10.1 Å². The third kappa shape index (κ3) is 4.50. The number of ether oxygens (including phenoxy) is 1. The second kappa shape index (κ2) is 8.52. The van der Waals surface area contributed by atoms with Crippen molar-refractivity contribution in [3.63, 3.8) is 0 Å². The van der Waals surface area contributed by atoms with Gasteiger partial charge in [0.25, 0.3) is 0 Å².